The molecule has 0 heterocycles. The normalized spacial score (nSPS) is 10.0. The molecule has 0 amide bonds. The fourth-order valence-electron chi connectivity index (χ4n) is 2.22. The summed E-state index contributed by atoms with van der Waals surface area (Å²) in [5.74, 6) is 0. The molecule has 0 radical (unpaired) electrons. The van der Waals surface area contributed by atoms with E-state index in [2.05, 4.69) is 84.9 Å². The van der Waals surface area contributed by atoms with Gasteiger partial charge in [-0.15, -0.1) is 0 Å². The van der Waals surface area contributed by atoms with Gasteiger partial charge >= 0.3 is 8.60 Å². The zero-order chi connectivity index (χ0) is 15.8. The number of hydrogen-bond acceptors (Lipinski definition) is 3. The van der Waals surface area contributed by atoms with Crippen LogP contribution in [0.25, 0.3) is 22.3 Å². The summed E-state index contributed by atoms with van der Waals surface area (Å²) in [4.78, 5) is 21.7. The second-order valence-electron chi connectivity index (χ2n) is 4.55. The van der Waals surface area contributed by atoms with Gasteiger partial charge in [0.1, 0.15) is 0 Å². The Labute approximate surface area is 131 Å². The first kappa shape index (κ1) is 16.3. The van der Waals surface area contributed by atoms with Gasteiger partial charge in [-0.2, -0.15) is 0 Å². The number of benzene rings is 3. The molecule has 0 aromatic heterocycles. The number of rotatable bonds is 2. The predicted octanol–water partition coefficient (Wildman–Crippen LogP) is 4.21. The van der Waals surface area contributed by atoms with Crippen molar-refractivity contribution in [3.63, 3.8) is 0 Å². The van der Waals surface area contributed by atoms with E-state index in [1.54, 1.807) is 0 Å². The third-order valence-electron chi connectivity index (χ3n) is 3.10. The third-order valence-corrected chi connectivity index (χ3v) is 3.10. The molecule has 3 nitrogen and oxygen atoms in total. The van der Waals surface area contributed by atoms with Crippen molar-refractivity contribution >= 4 is 8.60 Å². The minimum atomic E-state index is -2.62. The largest absolute Gasteiger partial charge is 0.328 e. The lowest BCUT2D eigenvalue weighted by Crippen LogP contribution is -1.83. The van der Waals surface area contributed by atoms with Gasteiger partial charge in [0.2, 0.25) is 0 Å². The van der Waals surface area contributed by atoms with Crippen molar-refractivity contribution in [1.82, 2.24) is 0 Å². The summed E-state index contributed by atoms with van der Waals surface area (Å²) in [6.07, 6.45) is 0. The van der Waals surface area contributed by atoms with Gasteiger partial charge < -0.3 is 14.7 Å². The Morgan fingerprint density at radius 1 is 0.455 bits per heavy atom. The molecule has 0 aliphatic rings. The second-order valence-corrected chi connectivity index (χ2v) is 5.08. The molecule has 0 unspecified atom stereocenters. The molecule has 0 aliphatic carbocycles. The van der Waals surface area contributed by atoms with Crippen LogP contribution in [-0.2, 0) is 0 Å². The Kier molecular flexibility index (Phi) is 6.26. The topological polar surface area (TPSA) is 60.7 Å². The average molecular weight is 312 g/mol. The Hall–Kier alpha value is -2.03. The summed E-state index contributed by atoms with van der Waals surface area (Å²) in [7, 11) is -2.62. The number of hydrogen-bond donors (Lipinski definition) is 3. The van der Waals surface area contributed by atoms with Gasteiger partial charge in [-0.05, 0) is 22.3 Å². The van der Waals surface area contributed by atoms with Crippen LogP contribution in [0.1, 0.15) is 0 Å². The van der Waals surface area contributed by atoms with E-state index in [0.717, 1.165) is 0 Å². The van der Waals surface area contributed by atoms with Gasteiger partial charge in [-0.1, -0.05) is 84.9 Å². The maximum Gasteiger partial charge on any atom is 0.324 e. The molecule has 0 saturated carbocycles. The van der Waals surface area contributed by atoms with Crippen LogP contribution >= 0.6 is 8.60 Å². The van der Waals surface area contributed by atoms with Crippen LogP contribution in [-0.4, -0.2) is 14.7 Å². The van der Waals surface area contributed by atoms with Gasteiger partial charge in [-0.25, -0.2) is 0 Å². The third kappa shape index (κ3) is 4.76. The van der Waals surface area contributed by atoms with Crippen LogP contribution in [0.4, 0.5) is 0 Å². The molecule has 0 saturated heterocycles. The summed E-state index contributed by atoms with van der Waals surface area (Å²) in [5, 5.41) is 0. The molecule has 112 valence electrons. The van der Waals surface area contributed by atoms with E-state index < -0.39 is 8.60 Å². The maximum atomic E-state index is 7.23. The molecule has 0 spiro atoms. The van der Waals surface area contributed by atoms with Gasteiger partial charge in [0.05, 0.1) is 0 Å². The Bertz CT molecular complexity index is 624. The van der Waals surface area contributed by atoms with Crippen molar-refractivity contribution in [2.75, 3.05) is 0 Å². The Morgan fingerprint density at radius 2 is 0.727 bits per heavy atom. The van der Waals surface area contributed by atoms with E-state index in [-0.39, 0.29) is 0 Å². The van der Waals surface area contributed by atoms with E-state index in [0.29, 0.717) is 0 Å². The fourth-order valence-corrected chi connectivity index (χ4v) is 2.22. The molecule has 0 fully saturated rings. The van der Waals surface area contributed by atoms with Crippen LogP contribution in [0.15, 0.2) is 84.9 Å². The molecule has 4 heteroatoms. The molecule has 3 aromatic carbocycles. The highest BCUT2D eigenvalue weighted by molar-refractivity contribution is 7.38. The summed E-state index contributed by atoms with van der Waals surface area (Å²) in [6, 6.07) is 29.6. The first-order valence-corrected chi connectivity index (χ1v) is 7.95. The van der Waals surface area contributed by atoms with Gasteiger partial charge in [0.25, 0.3) is 0 Å². The van der Waals surface area contributed by atoms with Crippen molar-refractivity contribution in [2.45, 2.75) is 0 Å². The van der Waals surface area contributed by atoms with E-state index in [4.69, 9.17) is 14.7 Å². The predicted molar refractivity (Wildman–Crippen MR) is 90.9 cm³/mol. The fraction of sp³-hybridized carbons (Fsp3) is 0. The summed E-state index contributed by atoms with van der Waals surface area (Å²) in [5.41, 5.74) is 5.09. The van der Waals surface area contributed by atoms with Gasteiger partial charge in [-0.3, -0.25) is 0 Å². The smallest absolute Gasteiger partial charge is 0.324 e. The molecule has 22 heavy (non-hydrogen) atoms. The van der Waals surface area contributed by atoms with Crippen LogP contribution in [0.2, 0.25) is 0 Å². The van der Waals surface area contributed by atoms with Crippen LogP contribution in [0, 0.1) is 0 Å². The van der Waals surface area contributed by atoms with Crippen LogP contribution < -0.4 is 0 Å². The molecule has 0 aliphatic heterocycles. The van der Waals surface area contributed by atoms with Crippen molar-refractivity contribution < 1.29 is 14.7 Å². The molecule has 0 atom stereocenters. The Morgan fingerprint density at radius 3 is 1.05 bits per heavy atom. The van der Waals surface area contributed by atoms with Crippen molar-refractivity contribution in [3.8, 4) is 22.3 Å². The van der Waals surface area contributed by atoms with Crippen LogP contribution in [0.3, 0.4) is 0 Å². The quantitative estimate of drug-likeness (QED) is 0.621. The highest BCUT2D eigenvalue weighted by atomic mass is 31.2. The van der Waals surface area contributed by atoms with Gasteiger partial charge in [0.15, 0.2) is 0 Å². The molecular formula is C18H17O3P. The van der Waals surface area contributed by atoms with E-state index in [1.807, 2.05) is 0 Å². The van der Waals surface area contributed by atoms with Crippen molar-refractivity contribution in [1.29, 1.82) is 0 Å². The Balaban J connectivity index is 0.000000396. The van der Waals surface area contributed by atoms with E-state index in [1.165, 1.54) is 22.3 Å². The highest BCUT2D eigenvalue weighted by Crippen LogP contribution is 2.31. The molecule has 3 aromatic rings. The lowest BCUT2D eigenvalue weighted by Gasteiger charge is -2.09. The molecule has 3 rings (SSSR count). The maximum absolute atomic E-state index is 7.23. The minimum Gasteiger partial charge on any atom is -0.328 e. The molecular weight excluding hydrogens is 295 g/mol. The lowest BCUT2D eigenvalue weighted by molar-refractivity contribution is 0.368. The minimum absolute atomic E-state index is 1.26. The zero-order valence-electron chi connectivity index (χ0n) is 11.9. The first-order valence-electron chi connectivity index (χ1n) is 6.75. The monoisotopic (exact) mass is 312 g/mol. The summed E-state index contributed by atoms with van der Waals surface area (Å²) >= 11 is 0. The standard InChI is InChI=1S/C18H14.H3O3P/c1-3-9-15(10-4-1)17-13-7-8-14-18(17)16-11-5-2-6-12-16;1-4(2)3/h1-14H;1-3H. The SMILES string of the molecule is OP(O)O.c1ccc(-c2ccccc2-c2ccccc2)cc1. The first-order chi connectivity index (χ1) is 10.7. The molecule has 3 N–H and O–H groups in total. The van der Waals surface area contributed by atoms with Gasteiger partial charge in [0, 0.05) is 0 Å². The lowest BCUT2D eigenvalue weighted by atomic mass is 9.95. The molecule has 0 bridgehead atoms. The average Bonchev–Trinajstić information content (AvgIpc) is 2.56. The second kappa shape index (κ2) is 8.42. The van der Waals surface area contributed by atoms with E-state index in [9.17, 15) is 0 Å². The van der Waals surface area contributed by atoms with Crippen LogP contribution in [0.5, 0.6) is 0 Å². The van der Waals surface area contributed by atoms with E-state index >= 15 is 0 Å². The highest BCUT2D eigenvalue weighted by Gasteiger charge is 2.05. The zero-order valence-corrected chi connectivity index (χ0v) is 12.8. The van der Waals surface area contributed by atoms with Crippen molar-refractivity contribution in [2.24, 2.45) is 0 Å². The summed E-state index contributed by atoms with van der Waals surface area (Å²) in [6.45, 7) is 0. The van der Waals surface area contributed by atoms with Crippen molar-refractivity contribution in [3.05, 3.63) is 84.9 Å². The summed E-state index contributed by atoms with van der Waals surface area (Å²) < 4.78 is 0.